The van der Waals surface area contributed by atoms with E-state index in [4.69, 9.17) is 27.9 Å². The van der Waals surface area contributed by atoms with Gasteiger partial charge in [-0.1, -0.05) is 17.7 Å². The lowest BCUT2D eigenvalue weighted by molar-refractivity contribution is 0.414. The van der Waals surface area contributed by atoms with E-state index < -0.39 is 0 Å². The first-order chi connectivity index (χ1) is 8.52. The molecule has 1 aromatic heterocycles. The monoisotopic (exact) mass is 364 g/mol. The van der Waals surface area contributed by atoms with E-state index in [1.165, 1.54) is 5.56 Å². The lowest BCUT2D eigenvalue weighted by atomic mass is 10.1. The molecule has 0 saturated carbocycles. The molecule has 0 bridgehead atoms. The van der Waals surface area contributed by atoms with E-state index in [-0.39, 0.29) is 5.38 Å². The van der Waals surface area contributed by atoms with Crippen LogP contribution in [0.5, 0.6) is 5.75 Å². The number of hydrogen-bond donors (Lipinski definition) is 0. The Hall–Kier alpha value is -0.220. The third-order valence-corrected chi connectivity index (χ3v) is 5.74. The number of halogens is 3. The molecule has 1 atom stereocenters. The molecule has 1 aromatic carbocycles. The molecule has 1 heterocycles. The molecule has 2 aromatic rings. The summed E-state index contributed by atoms with van der Waals surface area (Å²) in [5.41, 5.74) is 2.08. The van der Waals surface area contributed by atoms with Crippen molar-refractivity contribution in [1.29, 1.82) is 0 Å². The zero-order valence-electron chi connectivity index (χ0n) is 9.84. The minimum Gasteiger partial charge on any atom is -0.497 e. The highest BCUT2D eigenvalue weighted by molar-refractivity contribution is 9.11. The van der Waals surface area contributed by atoms with Crippen LogP contribution in [0, 0.1) is 6.92 Å². The fourth-order valence-corrected chi connectivity index (χ4v) is 3.89. The quantitative estimate of drug-likeness (QED) is 0.623. The van der Waals surface area contributed by atoms with E-state index in [2.05, 4.69) is 22.0 Å². The van der Waals surface area contributed by atoms with Gasteiger partial charge in [-0.25, -0.2) is 0 Å². The van der Waals surface area contributed by atoms with Crippen LogP contribution < -0.4 is 4.74 Å². The first kappa shape index (κ1) is 14.2. The predicted octanol–water partition coefficient (Wildman–Crippen LogP) is 5.81. The van der Waals surface area contributed by atoms with E-state index in [1.807, 2.05) is 19.1 Å². The van der Waals surface area contributed by atoms with Gasteiger partial charge in [-0.3, -0.25) is 0 Å². The third kappa shape index (κ3) is 2.85. The lowest BCUT2D eigenvalue weighted by Gasteiger charge is -2.11. The Balaban J connectivity index is 2.36. The smallest absolute Gasteiger partial charge is 0.120 e. The topological polar surface area (TPSA) is 9.23 Å². The van der Waals surface area contributed by atoms with E-state index >= 15 is 0 Å². The number of methoxy groups -OCH3 is 1. The standard InChI is InChI=1S/C13H11BrCl2OS/c1-7-5-11(18-13(7)14)12(16)9-4-3-8(17-2)6-10(9)15/h3-6,12H,1-2H3. The molecule has 0 N–H and O–H groups in total. The zero-order chi connectivity index (χ0) is 13.3. The number of alkyl halides is 1. The molecule has 96 valence electrons. The molecule has 2 rings (SSSR count). The van der Waals surface area contributed by atoms with Crippen molar-refractivity contribution in [2.45, 2.75) is 12.3 Å². The van der Waals surface area contributed by atoms with E-state index in [0.29, 0.717) is 5.02 Å². The Labute approximate surface area is 129 Å². The summed E-state index contributed by atoms with van der Waals surface area (Å²) in [4.78, 5) is 1.08. The van der Waals surface area contributed by atoms with E-state index in [1.54, 1.807) is 24.5 Å². The van der Waals surface area contributed by atoms with Crippen molar-refractivity contribution in [2.75, 3.05) is 7.11 Å². The maximum absolute atomic E-state index is 6.48. The first-order valence-corrected chi connectivity index (χ1v) is 7.68. The van der Waals surface area contributed by atoms with Crippen LogP contribution >= 0.6 is 50.5 Å². The molecule has 0 fully saturated rings. The fourth-order valence-electron chi connectivity index (χ4n) is 1.60. The average Bonchev–Trinajstić information content (AvgIpc) is 2.68. The highest BCUT2D eigenvalue weighted by Gasteiger charge is 2.17. The minimum atomic E-state index is -0.238. The summed E-state index contributed by atoms with van der Waals surface area (Å²) >= 11 is 17.8. The Kier molecular flexibility index (Phi) is 4.59. The second kappa shape index (κ2) is 5.83. The largest absolute Gasteiger partial charge is 0.497 e. The SMILES string of the molecule is COc1ccc(C(Cl)c2cc(C)c(Br)s2)c(Cl)c1. The van der Waals surface area contributed by atoms with Gasteiger partial charge in [0, 0.05) is 9.90 Å². The minimum absolute atomic E-state index is 0.238. The summed E-state index contributed by atoms with van der Waals surface area (Å²) in [5.74, 6) is 0.733. The zero-order valence-corrected chi connectivity index (χ0v) is 13.8. The van der Waals surface area contributed by atoms with Crippen molar-refractivity contribution in [3.8, 4) is 5.75 Å². The van der Waals surface area contributed by atoms with Crippen LogP contribution in [-0.2, 0) is 0 Å². The lowest BCUT2D eigenvalue weighted by Crippen LogP contribution is -1.92. The van der Waals surface area contributed by atoms with Gasteiger partial charge in [0.15, 0.2) is 0 Å². The Bertz CT molecular complexity index is 549. The number of ether oxygens (including phenoxy) is 1. The third-order valence-electron chi connectivity index (χ3n) is 2.61. The molecular formula is C13H11BrCl2OS. The van der Waals surface area contributed by atoms with E-state index in [0.717, 1.165) is 20.0 Å². The summed E-state index contributed by atoms with van der Waals surface area (Å²) < 4.78 is 6.23. The maximum atomic E-state index is 6.48. The molecule has 0 radical (unpaired) electrons. The summed E-state index contributed by atoms with van der Waals surface area (Å²) in [6.07, 6.45) is 0. The molecular weight excluding hydrogens is 355 g/mol. The number of thiophene rings is 1. The van der Waals surface area contributed by atoms with Crippen molar-refractivity contribution in [2.24, 2.45) is 0 Å². The molecule has 0 spiro atoms. The molecule has 5 heteroatoms. The van der Waals surface area contributed by atoms with Crippen molar-refractivity contribution in [3.63, 3.8) is 0 Å². The van der Waals surface area contributed by atoms with Gasteiger partial charge >= 0.3 is 0 Å². The van der Waals surface area contributed by atoms with Crippen LogP contribution in [0.4, 0.5) is 0 Å². The number of hydrogen-bond acceptors (Lipinski definition) is 2. The van der Waals surface area contributed by atoms with Crippen LogP contribution in [0.15, 0.2) is 28.1 Å². The van der Waals surface area contributed by atoms with Crippen molar-refractivity contribution >= 4 is 50.5 Å². The Morgan fingerprint density at radius 2 is 2.06 bits per heavy atom. The average molecular weight is 366 g/mol. The number of rotatable bonds is 3. The van der Waals surface area contributed by atoms with Crippen LogP contribution in [-0.4, -0.2) is 7.11 Å². The van der Waals surface area contributed by atoms with E-state index in [9.17, 15) is 0 Å². The fraction of sp³-hybridized carbons (Fsp3) is 0.231. The normalized spacial score (nSPS) is 12.5. The molecule has 1 unspecified atom stereocenters. The van der Waals surface area contributed by atoms with Crippen molar-refractivity contribution in [3.05, 3.63) is 49.1 Å². The van der Waals surface area contributed by atoms with Crippen LogP contribution in [0.3, 0.4) is 0 Å². The maximum Gasteiger partial charge on any atom is 0.120 e. The van der Waals surface area contributed by atoms with Crippen LogP contribution in [0.25, 0.3) is 0 Å². The summed E-state index contributed by atoms with van der Waals surface area (Å²) in [6.45, 7) is 2.04. The van der Waals surface area contributed by atoms with Gasteiger partial charge in [0.05, 0.1) is 16.3 Å². The number of aryl methyl sites for hydroxylation is 1. The highest BCUT2D eigenvalue weighted by Crippen LogP contribution is 2.40. The molecule has 0 amide bonds. The van der Waals surface area contributed by atoms with Gasteiger partial charge in [0.25, 0.3) is 0 Å². The summed E-state index contributed by atoms with van der Waals surface area (Å²) in [6, 6.07) is 7.63. The second-order valence-electron chi connectivity index (χ2n) is 3.86. The first-order valence-electron chi connectivity index (χ1n) is 5.26. The van der Waals surface area contributed by atoms with Crippen LogP contribution in [0.2, 0.25) is 5.02 Å². The van der Waals surface area contributed by atoms with Gasteiger partial charge in [-0.15, -0.1) is 22.9 Å². The molecule has 0 aliphatic rings. The number of benzene rings is 1. The molecule has 1 nitrogen and oxygen atoms in total. The van der Waals surface area contributed by atoms with Crippen molar-refractivity contribution < 1.29 is 4.74 Å². The molecule has 0 aliphatic carbocycles. The second-order valence-corrected chi connectivity index (χ2v) is 7.10. The summed E-state index contributed by atoms with van der Waals surface area (Å²) in [5, 5.41) is 0.384. The molecule has 18 heavy (non-hydrogen) atoms. The highest BCUT2D eigenvalue weighted by atomic mass is 79.9. The van der Waals surface area contributed by atoms with Crippen molar-refractivity contribution in [1.82, 2.24) is 0 Å². The molecule has 0 saturated heterocycles. The van der Waals surface area contributed by atoms with Gasteiger partial charge in [-0.2, -0.15) is 0 Å². The summed E-state index contributed by atoms with van der Waals surface area (Å²) in [7, 11) is 1.61. The van der Waals surface area contributed by atoms with Gasteiger partial charge in [0.2, 0.25) is 0 Å². The Morgan fingerprint density at radius 1 is 1.33 bits per heavy atom. The van der Waals surface area contributed by atoms with Gasteiger partial charge in [0.1, 0.15) is 5.75 Å². The molecule has 0 aliphatic heterocycles. The predicted molar refractivity (Wildman–Crippen MR) is 82.5 cm³/mol. The van der Waals surface area contributed by atoms with Gasteiger partial charge < -0.3 is 4.74 Å². The van der Waals surface area contributed by atoms with Gasteiger partial charge in [-0.05, 0) is 52.2 Å². The van der Waals surface area contributed by atoms with Crippen LogP contribution in [0.1, 0.15) is 21.4 Å². The Morgan fingerprint density at radius 3 is 2.56 bits per heavy atom.